The summed E-state index contributed by atoms with van der Waals surface area (Å²) in [5.74, 6) is 0.369. The lowest BCUT2D eigenvalue weighted by atomic mass is 10.0. The fourth-order valence-electron chi connectivity index (χ4n) is 2.95. The van der Waals surface area contributed by atoms with E-state index in [2.05, 4.69) is 10.2 Å². The highest BCUT2D eigenvalue weighted by molar-refractivity contribution is 7.85. The summed E-state index contributed by atoms with van der Waals surface area (Å²) in [4.78, 5) is 15.2. The molecule has 0 bridgehead atoms. The molecule has 3 rings (SSSR count). The Kier molecular flexibility index (Phi) is 7.13. The number of rotatable bonds is 8. The van der Waals surface area contributed by atoms with E-state index in [9.17, 15) is 13.2 Å². The molecule has 11 heteroatoms. The second-order valence-electron chi connectivity index (χ2n) is 7.04. The predicted molar refractivity (Wildman–Crippen MR) is 118 cm³/mol. The van der Waals surface area contributed by atoms with Gasteiger partial charge in [0.25, 0.3) is 10.1 Å². The third-order valence-electron chi connectivity index (χ3n) is 4.22. The Morgan fingerprint density at radius 2 is 1.74 bits per heavy atom. The Hall–Kier alpha value is -2.30. The van der Waals surface area contributed by atoms with Crippen molar-refractivity contribution >= 4 is 39.1 Å². The van der Waals surface area contributed by atoms with Crippen molar-refractivity contribution in [3.05, 3.63) is 75.3 Å². The first kappa shape index (κ1) is 23.4. The van der Waals surface area contributed by atoms with Crippen molar-refractivity contribution in [2.75, 3.05) is 20.4 Å². The highest BCUT2D eigenvalue weighted by Crippen LogP contribution is 2.27. The fourth-order valence-corrected chi connectivity index (χ4v) is 3.66. The van der Waals surface area contributed by atoms with Gasteiger partial charge in [0.1, 0.15) is 6.61 Å². The number of nitrogens with zero attached hydrogens (tertiary/aromatic N) is 4. The van der Waals surface area contributed by atoms with Gasteiger partial charge in [-0.05, 0) is 44.4 Å². The molecule has 0 amide bonds. The molecule has 0 aliphatic heterocycles. The molecule has 31 heavy (non-hydrogen) atoms. The molecule has 164 valence electrons. The normalized spacial score (nSPS) is 11.8. The zero-order valence-corrected chi connectivity index (χ0v) is 19.4. The minimum Gasteiger partial charge on any atom is -0.302 e. The molecule has 2 aromatic carbocycles. The number of benzene rings is 2. The zero-order chi connectivity index (χ0) is 22.8. The molecule has 0 unspecified atom stereocenters. The van der Waals surface area contributed by atoms with Crippen molar-refractivity contribution in [2.45, 2.75) is 13.2 Å². The molecule has 8 nitrogen and oxygen atoms in total. The monoisotopic (exact) mass is 482 g/mol. The quantitative estimate of drug-likeness (QED) is 0.358. The summed E-state index contributed by atoms with van der Waals surface area (Å²) >= 11 is 12.4. The highest BCUT2D eigenvalue weighted by atomic mass is 35.5. The average molecular weight is 483 g/mol. The van der Waals surface area contributed by atoms with Crippen LogP contribution in [-0.2, 0) is 27.5 Å². The predicted octanol–water partition coefficient (Wildman–Crippen LogP) is 3.34. The lowest BCUT2D eigenvalue weighted by molar-refractivity contribution is 0.103. The summed E-state index contributed by atoms with van der Waals surface area (Å²) in [6.45, 7) is 0.0375. The van der Waals surface area contributed by atoms with Crippen LogP contribution >= 0.6 is 23.2 Å². The first-order chi connectivity index (χ1) is 14.6. The summed E-state index contributed by atoms with van der Waals surface area (Å²) in [6, 6.07) is 11.5. The Morgan fingerprint density at radius 1 is 1.06 bits per heavy atom. The van der Waals surface area contributed by atoms with Crippen LogP contribution in [0.5, 0.6) is 0 Å². The smallest absolute Gasteiger partial charge is 0.264 e. The van der Waals surface area contributed by atoms with E-state index in [1.54, 1.807) is 41.0 Å². The summed E-state index contributed by atoms with van der Waals surface area (Å²) in [6.07, 6.45) is 0.948. The molecule has 0 spiro atoms. The molecule has 0 N–H and O–H groups in total. The molecule has 0 saturated carbocycles. The summed E-state index contributed by atoms with van der Waals surface area (Å²) < 4.78 is 29.5. The molecule has 0 saturated heterocycles. The number of carbonyl (C=O) groups excluding carboxylic acids is 1. The van der Waals surface area contributed by atoms with Gasteiger partial charge in [-0.25, -0.2) is 0 Å². The maximum atomic E-state index is 13.4. The van der Waals surface area contributed by atoms with E-state index in [-0.39, 0.29) is 23.8 Å². The van der Waals surface area contributed by atoms with E-state index in [4.69, 9.17) is 27.4 Å². The van der Waals surface area contributed by atoms with Gasteiger partial charge in [0.2, 0.25) is 0 Å². The van der Waals surface area contributed by atoms with Crippen LogP contribution in [0, 0.1) is 0 Å². The van der Waals surface area contributed by atoms with Gasteiger partial charge in [-0.1, -0.05) is 35.3 Å². The van der Waals surface area contributed by atoms with Crippen LogP contribution in [-0.4, -0.2) is 54.2 Å². The molecular weight excluding hydrogens is 463 g/mol. The zero-order valence-electron chi connectivity index (χ0n) is 17.0. The van der Waals surface area contributed by atoms with Gasteiger partial charge in [-0.3, -0.25) is 13.5 Å². The number of carbonyl (C=O) groups is 1. The van der Waals surface area contributed by atoms with E-state index < -0.39 is 10.1 Å². The van der Waals surface area contributed by atoms with E-state index in [1.165, 1.54) is 6.07 Å². The van der Waals surface area contributed by atoms with Crippen LogP contribution in [0.4, 0.5) is 0 Å². The molecule has 1 heterocycles. The van der Waals surface area contributed by atoms with Crippen LogP contribution in [0.1, 0.15) is 27.6 Å². The molecule has 3 aromatic rings. The van der Waals surface area contributed by atoms with E-state index in [0.29, 0.717) is 33.7 Å². The molecule has 1 aromatic heterocycles. The van der Waals surface area contributed by atoms with Crippen molar-refractivity contribution in [1.82, 2.24) is 19.7 Å². The van der Waals surface area contributed by atoms with E-state index in [0.717, 1.165) is 6.26 Å². The topological polar surface area (TPSA) is 94.4 Å². The molecular formula is C20H20Cl2N4O4S. The lowest BCUT2D eigenvalue weighted by Crippen LogP contribution is -2.18. The Balaban J connectivity index is 2.19. The van der Waals surface area contributed by atoms with Crippen LogP contribution < -0.4 is 0 Å². The number of hydrogen-bond acceptors (Lipinski definition) is 7. The van der Waals surface area contributed by atoms with Crippen LogP contribution in [0.15, 0.2) is 42.5 Å². The second-order valence-corrected chi connectivity index (χ2v) is 9.53. The van der Waals surface area contributed by atoms with Crippen molar-refractivity contribution in [1.29, 1.82) is 0 Å². The third-order valence-corrected chi connectivity index (χ3v) is 5.33. The van der Waals surface area contributed by atoms with E-state index >= 15 is 0 Å². The van der Waals surface area contributed by atoms with Crippen LogP contribution in [0.2, 0.25) is 10.0 Å². The standard InChI is InChI=1S/C20H20Cl2N4O4S/c1-25(2)11-18-23-24-19(12-30-31(3,28)29)26(18)17-9-8-13(21)10-15(17)20(27)14-6-4-5-7-16(14)22/h4-10H,11-12H2,1-3H3. The third kappa shape index (κ3) is 5.69. The fraction of sp³-hybridized carbons (Fsp3) is 0.250. The number of aromatic nitrogens is 3. The van der Waals surface area contributed by atoms with Crippen molar-refractivity contribution in [2.24, 2.45) is 0 Å². The second kappa shape index (κ2) is 9.46. The van der Waals surface area contributed by atoms with Gasteiger partial charge >= 0.3 is 0 Å². The van der Waals surface area contributed by atoms with Gasteiger partial charge in [-0.2, -0.15) is 8.42 Å². The van der Waals surface area contributed by atoms with E-state index in [1.807, 2.05) is 19.0 Å². The minimum atomic E-state index is -3.71. The average Bonchev–Trinajstić information content (AvgIpc) is 3.07. The Labute approximate surface area is 190 Å². The lowest BCUT2D eigenvalue weighted by Gasteiger charge is -2.17. The highest BCUT2D eigenvalue weighted by Gasteiger charge is 2.23. The molecule has 0 aliphatic rings. The minimum absolute atomic E-state index is 0.220. The van der Waals surface area contributed by atoms with Crippen LogP contribution in [0.25, 0.3) is 5.69 Å². The number of hydrogen-bond donors (Lipinski definition) is 0. The largest absolute Gasteiger partial charge is 0.302 e. The SMILES string of the molecule is CN(C)Cc1nnc(COS(C)(=O)=O)n1-c1ccc(Cl)cc1C(=O)c1ccccc1Cl. The molecule has 0 fully saturated rings. The van der Waals surface area contributed by atoms with Gasteiger partial charge in [0.05, 0.1) is 23.5 Å². The first-order valence-electron chi connectivity index (χ1n) is 9.08. The van der Waals surface area contributed by atoms with Gasteiger partial charge < -0.3 is 4.90 Å². The Morgan fingerprint density at radius 3 is 2.39 bits per heavy atom. The Bertz CT molecular complexity index is 1230. The summed E-state index contributed by atoms with van der Waals surface area (Å²) in [7, 11) is -0.0127. The number of halogens is 2. The summed E-state index contributed by atoms with van der Waals surface area (Å²) in [5, 5.41) is 8.92. The maximum Gasteiger partial charge on any atom is 0.264 e. The van der Waals surface area contributed by atoms with Gasteiger partial charge in [0, 0.05) is 16.1 Å². The molecule has 0 aliphatic carbocycles. The van der Waals surface area contributed by atoms with Crippen molar-refractivity contribution < 1.29 is 17.4 Å². The van der Waals surface area contributed by atoms with Gasteiger partial charge in [0.15, 0.2) is 17.4 Å². The van der Waals surface area contributed by atoms with Crippen LogP contribution in [0.3, 0.4) is 0 Å². The number of ketones is 1. The van der Waals surface area contributed by atoms with Gasteiger partial charge in [-0.15, -0.1) is 10.2 Å². The molecule has 0 atom stereocenters. The van der Waals surface area contributed by atoms with Crippen molar-refractivity contribution in [3.63, 3.8) is 0 Å². The van der Waals surface area contributed by atoms with Crippen molar-refractivity contribution in [3.8, 4) is 5.69 Å². The maximum absolute atomic E-state index is 13.4. The molecule has 0 radical (unpaired) electrons. The summed E-state index contributed by atoms with van der Waals surface area (Å²) in [5.41, 5.74) is 1.01. The first-order valence-corrected chi connectivity index (χ1v) is 11.7.